The maximum atomic E-state index is 12.7. The highest BCUT2D eigenvalue weighted by atomic mass is 79.9. The molecule has 0 radical (unpaired) electrons. The van der Waals surface area contributed by atoms with Crippen molar-refractivity contribution in [3.8, 4) is 0 Å². The minimum atomic E-state index is -0.843. The molecule has 2 amide bonds. The number of hydrogen-bond acceptors (Lipinski definition) is 4. The van der Waals surface area contributed by atoms with Gasteiger partial charge in [0.2, 0.25) is 5.91 Å². The Labute approximate surface area is 149 Å². The molecule has 6 nitrogen and oxygen atoms in total. The Morgan fingerprint density at radius 3 is 2.83 bits per heavy atom. The molecule has 130 valence electrons. The third-order valence-electron chi connectivity index (χ3n) is 3.60. The lowest BCUT2D eigenvalue weighted by Crippen LogP contribution is -2.57. The number of nitrogens with zero attached hydrogens (tertiary/aromatic N) is 1. The number of nitrogens with one attached hydrogen (secondary N) is 1. The summed E-state index contributed by atoms with van der Waals surface area (Å²) in [6.45, 7) is 4.90. The number of halogens is 1. The van der Waals surface area contributed by atoms with Crippen LogP contribution < -0.4 is 5.32 Å². The largest absolute Gasteiger partial charge is 0.465 e. The van der Waals surface area contributed by atoms with E-state index in [9.17, 15) is 14.4 Å². The van der Waals surface area contributed by atoms with Crippen LogP contribution in [0, 0.1) is 5.92 Å². The zero-order valence-corrected chi connectivity index (χ0v) is 15.3. The minimum absolute atomic E-state index is 0.141. The van der Waals surface area contributed by atoms with E-state index in [1.165, 1.54) is 4.90 Å². The molecule has 1 aliphatic heterocycles. The molecule has 1 aromatic rings. The van der Waals surface area contributed by atoms with Gasteiger partial charge in [0.25, 0.3) is 5.91 Å². The Hall–Kier alpha value is -1.89. The topological polar surface area (TPSA) is 75.7 Å². The first-order valence-electron chi connectivity index (χ1n) is 7.88. The van der Waals surface area contributed by atoms with E-state index in [-0.39, 0.29) is 24.2 Å². The van der Waals surface area contributed by atoms with Gasteiger partial charge in [-0.1, -0.05) is 35.8 Å². The summed E-state index contributed by atoms with van der Waals surface area (Å²) in [5.41, 5.74) is 0.472. The molecule has 0 bridgehead atoms. The lowest BCUT2D eigenvalue weighted by Gasteiger charge is -2.34. The van der Waals surface area contributed by atoms with Gasteiger partial charge in [0.15, 0.2) is 0 Å². The normalized spacial score (nSPS) is 17.6. The van der Waals surface area contributed by atoms with Gasteiger partial charge in [0.05, 0.1) is 13.0 Å². The summed E-state index contributed by atoms with van der Waals surface area (Å²) >= 11 is 3.33. The maximum Gasteiger partial charge on any atom is 0.308 e. The van der Waals surface area contributed by atoms with E-state index in [4.69, 9.17) is 4.74 Å². The van der Waals surface area contributed by atoms with E-state index >= 15 is 0 Å². The zero-order chi connectivity index (χ0) is 17.7. The van der Waals surface area contributed by atoms with E-state index < -0.39 is 12.0 Å². The third kappa shape index (κ3) is 4.80. The first-order chi connectivity index (χ1) is 11.4. The number of ether oxygens (including phenoxy) is 1. The van der Waals surface area contributed by atoms with E-state index in [0.29, 0.717) is 25.3 Å². The smallest absolute Gasteiger partial charge is 0.308 e. The highest BCUT2D eigenvalue weighted by Gasteiger charge is 2.35. The van der Waals surface area contributed by atoms with Crippen molar-refractivity contribution in [2.24, 2.45) is 5.92 Å². The van der Waals surface area contributed by atoms with Crippen LogP contribution in [-0.2, 0) is 14.3 Å². The lowest BCUT2D eigenvalue weighted by atomic mass is 10.1. The van der Waals surface area contributed by atoms with Crippen molar-refractivity contribution in [3.05, 3.63) is 34.3 Å². The maximum absolute atomic E-state index is 12.7. The summed E-state index contributed by atoms with van der Waals surface area (Å²) in [6, 6.07) is 6.12. The van der Waals surface area contributed by atoms with Crippen molar-refractivity contribution >= 4 is 33.7 Å². The minimum Gasteiger partial charge on any atom is -0.465 e. The quantitative estimate of drug-likeness (QED) is 0.772. The highest BCUT2D eigenvalue weighted by molar-refractivity contribution is 9.10. The molecule has 0 aromatic heterocycles. The molecule has 1 saturated heterocycles. The monoisotopic (exact) mass is 396 g/mol. The fourth-order valence-corrected chi connectivity index (χ4v) is 2.82. The van der Waals surface area contributed by atoms with Gasteiger partial charge in [0, 0.05) is 23.1 Å². The Morgan fingerprint density at radius 2 is 2.17 bits per heavy atom. The van der Waals surface area contributed by atoms with Crippen LogP contribution in [0.4, 0.5) is 0 Å². The molecule has 1 N–H and O–H groups in total. The molecule has 7 heteroatoms. The van der Waals surface area contributed by atoms with Crippen molar-refractivity contribution in [1.82, 2.24) is 10.2 Å². The highest BCUT2D eigenvalue weighted by Crippen LogP contribution is 2.18. The number of carbonyl (C=O) groups is 3. The van der Waals surface area contributed by atoms with E-state index in [1.54, 1.807) is 18.2 Å². The number of rotatable bonds is 5. The Balaban J connectivity index is 2.12. The fraction of sp³-hybridized carbons (Fsp3) is 0.471. The summed E-state index contributed by atoms with van der Waals surface area (Å²) in [7, 11) is 0. The van der Waals surface area contributed by atoms with Gasteiger partial charge in [0.1, 0.15) is 6.04 Å². The number of carbonyl (C=O) groups excluding carboxylic acids is 3. The summed E-state index contributed by atoms with van der Waals surface area (Å²) in [6.07, 6.45) is -0.141. The molecule has 1 fully saturated rings. The molecule has 1 aromatic carbocycles. The average Bonchev–Trinajstić information content (AvgIpc) is 2.54. The van der Waals surface area contributed by atoms with Crippen molar-refractivity contribution in [1.29, 1.82) is 0 Å². The van der Waals surface area contributed by atoms with Crippen molar-refractivity contribution < 1.29 is 19.1 Å². The fourth-order valence-electron chi connectivity index (χ4n) is 2.42. The predicted octanol–water partition coefficient (Wildman–Crippen LogP) is 1.98. The molecule has 1 unspecified atom stereocenters. The van der Waals surface area contributed by atoms with Crippen LogP contribution in [0.5, 0.6) is 0 Å². The summed E-state index contributed by atoms with van der Waals surface area (Å²) < 4.78 is 5.92. The number of esters is 1. The molecule has 1 aliphatic rings. The molecule has 0 spiro atoms. The van der Waals surface area contributed by atoms with Crippen LogP contribution in [-0.4, -0.2) is 48.4 Å². The molecule has 1 atom stereocenters. The molecule has 0 saturated carbocycles. The SMILES string of the molecule is CC(C)COC(=O)CC1C(=O)NCCN1C(=O)c1cccc(Br)c1. The second kappa shape index (κ2) is 8.28. The second-order valence-corrected chi connectivity index (χ2v) is 7.01. The van der Waals surface area contributed by atoms with Gasteiger partial charge in [-0.15, -0.1) is 0 Å². The standard InChI is InChI=1S/C17H21BrN2O4/c1-11(2)10-24-15(21)9-14-16(22)19-6-7-20(14)17(23)12-4-3-5-13(18)8-12/h3-5,8,11,14H,6-7,9-10H2,1-2H3,(H,19,22). The first-order valence-corrected chi connectivity index (χ1v) is 8.67. The molecule has 2 rings (SSSR count). The van der Waals surface area contributed by atoms with Gasteiger partial charge in [-0.25, -0.2) is 0 Å². The van der Waals surface area contributed by atoms with Crippen molar-refractivity contribution in [2.75, 3.05) is 19.7 Å². The Bertz CT molecular complexity index is 633. The second-order valence-electron chi connectivity index (χ2n) is 6.10. The van der Waals surface area contributed by atoms with Crippen LogP contribution in [0.1, 0.15) is 30.6 Å². The number of benzene rings is 1. The third-order valence-corrected chi connectivity index (χ3v) is 4.09. The number of amides is 2. The predicted molar refractivity (Wildman–Crippen MR) is 92.4 cm³/mol. The molecular weight excluding hydrogens is 376 g/mol. The van der Waals surface area contributed by atoms with Crippen LogP contribution in [0.2, 0.25) is 0 Å². The van der Waals surface area contributed by atoms with Crippen LogP contribution in [0.25, 0.3) is 0 Å². The Morgan fingerprint density at radius 1 is 1.42 bits per heavy atom. The van der Waals surface area contributed by atoms with Crippen LogP contribution >= 0.6 is 15.9 Å². The molecular formula is C17H21BrN2O4. The summed E-state index contributed by atoms with van der Waals surface area (Å²) in [5.74, 6) is -0.856. The summed E-state index contributed by atoms with van der Waals surface area (Å²) in [5, 5.41) is 2.70. The van der Waals surface area contributed by atoms with E-state index in [0.717, 1.165) is 4.47 Å². The molecule has 1 heterocycles. The van der Waals surface area contributed by atoms with Gasteiger partial charge < -0.3 is 15.0 Å². The lowest BCUT2D eigenvalue weighted by molar-refractivity contribution is -0.148. The Kier molecular flexibility index (Phi) is 6.36. The number of piperazine rings is 1. The molecule has 24 heavy (non-hydrogen) atoms. The van der Waals surface area contributed by atoms with Gasteiger partial charge in [-0.05, 0) is 24.1 Å². The van der Waals surface area contributed by atoms with Gasteiger partial charge >= 0.3 is 5.97 Å². The summed E-state index contributed by atoms with van der Waals surface area (Å²) in [4.78, 5) is 38.3. The number of hydrogen-bond donors (Lipinski definition) is 1. The van der Waals surface area contributed by atoms with E-state index in [1.807, 2.05) is 19.9 Å². The first kappa shape index (κ1) is 18.4. The zero-order valence-electron chi connectivity index (χ0n) is 13.8. The molecule has 0 aliphatic carbocycles. The van der Waals surface area contributed by atoms with Crippen molar-refractivity contribution in [3.63, 3.8) is 0 Å². The van der Waals surface area contributed by atoms with Gasteiger partial charge in [-0.2, -0.15) is 0 Å². The van der Waals surface area contributed by atoms with Crippen LogP contribution in [0.3, 0.4) is 0 Å². The van der Waals surface area contributed by atoms with Crippen LogP contribution in [0.15, 0.2) is 28.7 Å². The van der Waals surface area contributed by atoms with Crippen molar-refractivity contribution in [2.45, 2.75) is 26.3 Å². The average molecular weight is 397 g/mol. The van der Waals surface area contributed by atoms with Gasteiger partial charge in [-0.3, -0.25) is 14.4 Å². The van der Waals surface area contributed by atoms with E-state index in [2.05, 4.69) is 21.2 Å².